The SMILES string of the molecule is FC(F)(F)c1ccccc1Cn1nnc2c(NC3CC3)nc(-c3ccccc3)nc21. The number of nitrogens with one attached hydrogen (secondary N) is 1. The Morgan fingerprint density at radius 2 is 1.70 bits per heavy atom. The van der Waals surface area contributed by atoms with Gasteiger partial charge < -0.3 is 5.32 Å². The molecule has 9 heteroatoms. The Morgan fingerprint density at radius 1 is 0.967 bits per heavy atom. The molecule has 0 spiro atoms. The van der Waals surface area contributed by atoms with Gasteiger partial charge in [0.2, 0.25) is 0 Å². The molecule has 1 aliphatic carbocycles. The molecule has 6 nitrogen and oxygen atoms in total. The van der Waals surface area contributed by atoms with E-state index in [4.69, 9.17) is 0 Å². The standard InChI is InChI=1S/C21H17F3N6/c22-21(23,24)16-9-5-4-8-14(16)12-30-20-17(28-29-30)19(25-15-10-11-15)26-18(27-20)13-6-2-1-3-7-13/h1-9,15H,10-12H2,(H,25,26,27). The molecule has 0 bridgehead atoms. The molecule has 1 aliphatic rings. The zero-order valence-corrected chi connectivity index (χ0v) is 15.8. The second-order valence-electron chi connectivity index (χ2n) is 7.25. The summed E-state index contributed by atoms with van der Waals surface area (Å²) in [5, 5.41) is 11.6. The first kappa shape index (κ1) is 18.5. The molecule has 2 aromatic carbocycles. The van der Waals surface area contributed by atoms with Gasteiger partial charge in [0.05, 0.1) is 12.1 Å². The molecule has 0 atom stereocenters. The van der Waals surface area contributed by atoms with E-state index >= 15 is 0 Å². The molecule has 1 fully saturated rings. The van der Waals surface area contributed by atoms with Gasteiger partial charge in [-0.1, -0.05) is 53.7 Å². The van der Waals surface area contributed by atoms with Crippen molar-refractivity contribution in [1.82, 2.24) is 25.0 Å². The summed E-state index contributed by atoms with van der Waals surface area (Å²) < 4.78 is 41.6. The highest BCUT2D eigenvalue weighted by Crippen LogP contribution is 2.33. The van der Waals surface area contributed by atoms with E-state index in [-0.39, 0.29) is 12.1 Å². The molecule has 0 aliphatic heterocycles. The van der Waals surface area contributed by atoms with E-state index in [1.807, 2.05) is 30.3 Å². The third kappa shape index (κ3) is 3.58. The topological polar surface area (TPSA) is 68.5 Å². The van der Waals surface area contributed by atoms with E-state index in [0.717, 1.165) is 24.5 Å². The van der Waals surface area contributed by atoms with Crippen LogP contribution in [-0.2, 0) is 12.7 Å². The number of rotatable bonds is 5. The second-order valence-corrected chi connectivity index (χ2v) is 7.25. The van der Waals surface area contributed by atoms with Gasteiger partial charge in [-0.25, -0.2) is 14.6 Å². The van der Waals surface area contributed by atoms with Crippen LogP contribution in [0, 0.1) is 0 Å². The summed E-state index contributed by atoms with van der Waals surface area (Å²) in [7, 11) is 0. The number of anilines is 1. The van der Waals surface area contributed by atoms with Crippen LogP contribution >= 0.6 is 0 Å². The van der Waals surface area contributed by atoms with Gasteiger partial charge in [0.25, 0.3) is 0 Å². The Balaban J connectivity index is 1.62. The van der Waals surface area contributed by atoms with Crippen LogP contribution in [0.1, 0.15) is 24.0 Å². The minimum atomic E-state index is -4.45. The first-order chi connectivity index (χ1) is 14.5. The Kier molecular flexibility index (Phi) is 4.38. The maximum absolute atomic E-state index is 13.4. The van der Waals surface area contributed by atoms with Gasteiger partial charge in [0.1, 0.15) is 0 Å². The summed E-state index contributed by atoms with van der Waals surface area (Å²) in [5.74, 6) is 1.02. The molecule has 0 saturated heterocycles. The van der Waals surface area contributed by atoms with Crippen LogP contribution in [0.15, 0.2) is 54.6 Å². The largest absolute Gasteiger partial charge is 0.416 e. The van der Waals surface area contributed by atoms with Crippen LogP contribution in [0.3, 0.4) is 0 Å². The van der Waals surface area contributed by atoms with Gasteiger partial charge in [0.15, 0.2) is 22.8 Å². The molecule has 0 unspecified atom stereocenters. The highest BCUT2D eigenvalue weighted by Gasteiger charge is 2.33. The van der Waals surface area contributed by atoms with Crippen molar-refractivity contribution in [1.29, 1.82) is 0 Å². The van der Waals surface area contributed by atoms with Gasteiger partial charge >= 0.3 is 6.18 Å². The Labute approximate surface area is 169 Å². The minimum absolute atomic E-state index is 0.0969. The zero-order valence-electron chi connectivity index (χ0n) is 15.8. The maximum Gasteiger partial charge on any atom is 0.416 e. The lowest BCUT2D eigenvalue weighted by Gasteiger charge is -2.13. The first-order valence-electron chi connectivity index (χ1n) is 9.57. The van der Waals surface area contributed by atoms with Crippen LogP contribution in [-0.4, -0.2) is 31.0 Å². The van der Waals surface area contributed by atoms with Crippen LogP contribution in [0.25, 0.3) is 22.6 Å². The summed E-state index contributed by atoms with van der Waals surface area (Å²) >= 11 is 0. The fourth-order valence-corrected chi connectivity index (χ4v) is 3.30. The predicted molar refractivity (Wildman–Crippen MR) is 106 cm³/mol. The van der Waals surface area contributed by atoms with Crippen molar-refractivity contribution < 1.29 is 13.2 Å². The van der Waals surface area contributed by atoms with Crippen LogP contribution in [0.4, 0.5) is 19.0 Å². The third-order valence-corrected chi connectivity index (χ3v) is 4.96. The van der Waals surface area contributed by atoms with E-state index in [1.54, 1.807) is 6.07 Å². The average Bonchev–Trinajstić information content (AvgIpc) is 3.47. The molecule has 1 N–H and O–H groups in total. The second kappa shape index (κ2) is 7.08. The third-order valence-electron chi connectivity index (χ3n) is 4.96. The van der Waals surface area contributed by atoms with Crippen molar-refractivity contribution in [3.63, 3.8) is 0 Å². The molecule has 30 heavy (non-hydrogen) atoms. The van der Waals surface area contributed by atoms with Gasteiger partial charge in [-0.3, -0.25) is 0 Å². The van der Waals surface area contributed by atoms with E-state index in [1.165, 1.54) is 16.8 Å². The fourth-order valence-electron chi connectivity index (χ4n) is 3.30. The Hall–Kier alpha value is -3.49. The van der Waals surface area contributed by atoms with Gasteiger partial charge in [0, 0.05) is 11.6 Å². The molecule has 1 saturated carbocycles. The zero-order chi connectivity index (χ0) is 20.7. The van der Waals surface area contributed by atoms with Crippen molar-refractivity contribution in [3.05, 3.63) is 65.7 Å². The lowest BCUT2D eigenvalue weighted by atomic mass is 10.1. The first-order valence-corrected chi connectivity index (χ1v) is 9.57. The van der Waals surface area contributed by atoms with Crippen molar-refractivity contribution in [3.8, 4) is 11.4 Å². The highest BCUT2D eigenvalue weighted by atomic mass is 19.4. The van der Waals surface area contributed by atoms with Crippen LogP contribution in [0.2, 0.25) is 0 Å². The lowest BCUT2D eigenvalue weighted by molar-refractivity contribution is -0.138. The number of hydrogen-bond acceptors (Lipinski definition) is 5. The monoisotopic (exact) mass is 410 g/mol. The smallest absolute Gasteiger partial charge is 0.365 e. The van der Waals surface area contributed by atoms with Crippen LogP contribution < -0.4 is 5.32 Å². The number of alkyl halides is 3. The molecule has 2 heterocycles. The average molecular weight is 410 g/mol. The highest BCUT2D eigenvalue weighted by molar-refractivity contribution is 5.84. The van der Waals surface area contributed by atoms with Crippen LogP contribution in [0.5, 0.6) is 0 Å². The quantitative estimate of drug-likeness (QED) is 0.524. The number of nitrogens with zero attached hydrogens (tertiary/aromatic N) is 5. The summed E-state index contributed by atoms with van der Waals surface area (Å²) in [6, 6.07) is 15.2. The van der Waals surface area contributed by atoms with E-state index in [0.29, 0.717) is 28.8 Å². The summed E-state index contributed by atoms with van der Waals surface area (Å²) in [5.41, 5.74) is 1.06. The molecule has 0 amide bonds. The van der Waals surface area contributed by atoms with Crippen molar-refractivity contribution in [2.75, 3.05) is 5.32 Å². The molecule has 152 valence electrons. The molecular weight excluding hydrogens is 393 g/mol. The number of aromatic nitrogens is 5. The van der Waals surface area contributed by atoms with Gasteiger partial charge in [-0.05, 0) is 24.5 Å². The van der Waals surface area contributed by atoms with Crippen molar-refractivity contribution in [2.24, 2.45) is 0 Å². The summed E-state index contributed by atoms with van der Waals surface area (Å²) in [6.45, 7) is -0.0969. The molecule has 0 radical (unpaired) electrons. The Bertz CT molecular complexity index is 1200. The Morgan fingerprint density at radius 3 is 2.43 bits per heavy atom. The molecular formula is C21H17F3N6. The fraction of sp³-hybridized carbons (Fsp3) is 0.238. The molecule has 2 aromatic heterocycles. The van der Waals surface area contributed by atoms with E-state index in [9.17, 15) is 13.2 Å². The molecule has 4 aromatic rings. The number of halogens is 3. The van der Waals surface area contributed by atoms with E-state index < -0.39 is 11.7 Å². The maximum atomic E-state index is 13.4. The minimum Gasteiger partial charge on any atom is -0.365 e. The van der Waals surface area contributed by atoms with Crippen molar-refractivity contribution >= 4 is 17.0 Å². The van der Waals surface area contributed by atoms with Crippen molar-refractivity contribution in [2.45, 2.75) is 31.6 Å². The number of hydrogen-bond donors (Lipinski definition) is 1. The van der Waals surface area contributed by atoms with Gasteiger partial charge in [-0.2, -0.15) is 13.2 Å². The summed E-state index contributed by atoms with van der Waals surface area (Å²) in [4.78, 5) is 9.20. The lowest BCUT2D eigenvalue weighted by Crippen LogP contribution is -2.13. The summed E-state index contributed by atoms with van der Waals surface area (Å²) in [6.07, 6.45) is -2.37. The molecule has 5 rings (SSSR count). The number of benzene rings is 2. The predicted octanol–water partition coefficient (Wildman–Crippen LogP) is 4.53. The normalized spacial score (nSPS) is 14.2. The number of fused-ring (bicyclic) bond motifs is 1. The van der Waals surface area contributed by atoms with Gasteiger partial charge in [-0.15, -0.1) is 5.10 Å². The van der Waals surface area contributed by atoms with E-state index in [2.05, 4.69) is 25.6 Å².